The fraction of sp³-hybridized carbons (Fsp3) is 0.267. The summed E-state index contributed by atoms with van der Waals surface area (Å²) in [5.41, 5.74) is 4.95. The van der Waals surface area contributed by atoms with Crippen LogP contribution in [0.1, 0.15) is 41.7 Å². The fourth-order valence-electron chi connectivity index (χ4n) is 8.12. The van der Waals surface area contributed by atoms with Gasteiger partial charge in [-0.05, 0) is 111 Å². The summed E-state index contributed by atoms with van der Waals surface area (Å²) in [6.07, 6.45) is 3.37. The Balaban J connectivity index is 1.03. The van der Waals surface area contributed by atoms with Crippen LogP contribution in [0.25, 0.3) is 22.0 Å². The Labute approximate surface area is 354 Å². The molecule has 1 aromatic heterocycles. The van der Waals surface area contributed by atoms with Gasteiger partial charge in [0.05, 0.1) is 15.4 Å². The van der Waals surface area contributed by atoms with Crippen molar-refractivity contribution in [1.82, 2.24) is 19.5 Å². The number of aromatic nitrogens is 1. The number of carbonyl (C=O) groups is 1. The van der Waals surface area contributed by atoms with Gasteiger partial charge in [-0.2, -0.15) is 0 Å². The first-order valence-corrected chi connectivity index (χ1v) is 21.8. The molecule has 0 aliphatic carbocycles. The summed E-state index contributed by atoms with van der Waals surface area (Å²) in [4.78, 5) is 35.1. The van der Waals surface area contributed by atoms with Crippen LogP contribution in [0.3, 0.4) is 0 Å². The van der Waals surface area contributed by atoms with Crippen molar-refractivity contribution in [2.24, 2.45) is 0 Å². The molecule has 1 atom stereocenters. The molecule has 0 radical (unpaired) electrons. The zero-order chi connectivity index (χ0) is 42.0. The van der Waals surface area contributed by atoms with Gasteiger partial charge in [0.1, 0.15) is 17.2 Å². The van der Waals surface area contributed by atoms with Crippen molar-refractivity contribution in [2.45, 2.75) is 36.7 Å². The van der Waals surface area contributed by atoms with E-state index >= 15 is 0 Å². The van der Waals surface area contributed by atoms with Crippen molar-refractivity contribution >= 4 is 55.5 Å². The second-order valence-corrected chi connectivity index (χ2v) is 17.5. The third kappa shape index (κ3) is 8.82. The van der Waals surface area contributed by atoms with E-state index in [9.17, 15) is 23.3 Å². The smallest absolute Gasteiger partial charge is 0.293 e. The number of rotatable bonds is 12. The highest BCUT2D eigenvalue weighted by Gasteiger charge is 2.29. The summed E-state index contributed by atoms with van der Waals surface area (Å²) < 4.78 is 36.0. The van der Waals surface area contributed by atoms with Crippen molar-refractivity contribution in [3.05, 3.63) is 142 Å². The molecule has 0 bridgehead atoms. The van der Waals surface area contributed by atoms with Crippen LogP contribution in [-0.2, 0) is 10.0 Å². The lowest BCUT2D eigenvalue weighted by Crippen LogP contribution is -2.47. The monoisotopic (exact) mass is 847 g/mol. The number of fused-ring (bicyclic) bond motifs is 1. The molecule has 2 aliphatic heterocycles. The second-order valence-electron chi connectivity index (χ2n) is 15.4. The highest BCUT2D eigenvalue weighted by Crippen LogP contribution is 2.37. The van der Waals surface area contributed by atoms with Crippen molar-refractivity contribution < 1.29 is 22.9 Å². The van der Waals surface area contributed by atoms with Gasteiger partial charge in [0.15, 0.2) is 0 Å². The Hall–Kier alpha value is -5.93. The van der Waals surface area contributed by atoms with Gasteiger partial charge in [0.2, 0.25) is 0 Å². The molecule has 60 heavy (non-hydrogen) atoms. The van der Waals surface area contributed by atoms with E-state index in [1.165, 1.54) is 17.7 Å². The van der Waals surface area contributed by atoms with E-state index in [0.29, 0.717) is 23.9 Å². The van der Waals surface area contributed by atoms with Crippen LogP contribution in [0, 0.1) is 10.1 Å². The first-order chi connectivity index (χ1) is 28.9. The molecule has 0 saturated carbocycles. The predicted octanol–water partition coefficient (Wildman–Crippen LogP) is 8.70. The molecule has 3 N–H and O–H groups in total. The van der Waals surface area contributed by atoms with Gasteiger partial charge in [0, 0.05) is 78.2 Å². The predicted molar refractivity (Wildman–Crippen MR) is 236 cm³/mol. The minimum atomic E-state index is -4.55. The molecule has 8 rings (SSSR count). The van der Waals surface area contributed by atoms with Crippen LogP contribution in [0.15, 0.2) is 120 Å². The Morgan fingerprint density at radius 1 is 0.883 bits per heavy atom. The zero-order valence-electron chi connectivity index (χ0n) is 33.3. The number of nitrogens with one attached hydrogen (secondary N) is 3. The van der Waals surface area contributed by atoms with E-state index in [1.54, 1.807) is 30.5 Å². The molecule has 2 saturated heterocycles. The number of sulfonamides is 1. The van der Waals surface area contributed by atoms with Crippen LogP contribution >= 0.6 is 11.6 Å². The van der Waals surface area contributed by atoms with Gasteiger partial charge in [-0.25, -0.2) is 13.1 Å². The fourth-order valence-corrected chi connectivity index (χ4v) is 9.23. The van der Waals surface area contributed by atoms with Crippen LogP contribution < -0.4 is 19.7 Å². The average Bonchev–Trinajstić information content (AvgIpc) is 3.75. The highest BCUT2D eigenvalue weighted by molar-refractivity contribution is 7.90. The number of halogens is 1. The van der Waals surface area contributed by atoms with Gasteiger partial charge in [-0.3, -0.25) is 19.8 Å². The van der Waals surface area contributed by atoms with Crippen molar-refractivity contribution in [1.29, 1.82) is 0 Å². The zero-order valence-corrected chi connectivity index (χ0v) is 34.9. The number of piperidine rings is 1. The number of hydrogen-bond acceptors (Lipinski definition) is 10. The standard InChI is InChI=1S/C45H46ClN7O6S/c1-30(36-6-3-4-7-37(36)31-10-12-32(46)13-11-31)51-24-26-52(27-25-51)34-14-16-39(44(28-34)59-43-9-5-8-40-38(43)18-21-47-40)45(54)49-60(57,58)35-15-17-41(42(29-35)53(55)56)48-33-19-22-50(2)23-20-33/h3-18,21,28-30,33,47-48H,19-20,22-27H2,1-2H3,(H,49,54). The summed E-state index contributed by atoms with van der Waals surface area (Å²) >= 11 is 6.19. The number of likely N-dealkylation sites (tertiary alicyclic amines) is 1. The topological polar surface area (TPSA) is 153 Å². The van der Waals surface area contributed by atoms with Gasteiger partial charge in [-0.1, -0.05) is 54.1 Å². The van der Waals surface area contributed by atoms with Crippen LogP contribution in [0.4, 0.5) is 17.1 Å². The SMILES string of the molecule is CC(c1ccccc1-c1ccc(Cl)cc1)N1CCN(c2ccc(C(=O)NS(=O)(=O)c3ccc(NC4CCN(C)CC4)c([N+](=O)[O-])c3)c(Oc3cccc4[nH]ccc34)c2)CC1. The van der Waals surface area contributed by atoms with E-state index in [4.69, 9.17) is 16.3 Å². The number of H-pyrrole nitrogens is 1. The number of benzene rings is 5. The number of nitro groups is 1. The molecule has 310 valence electrons. The molecule has 1 unspecified atom stereocenters. The molecule has 6 aromatic rings. The Bertz CT molecular complexity index is 2640. The Morgan fingerprint density at radius 3 is 2.38 bits per heavy atom. The second kappa shape index (κ2) is 17.3. The molecule has 13 nitrogen and oxygen atoms in total. The quantitative estimate of drug-likeness (QED) is 0.0806. The Kier molecular flexibility index (Phi) is 11.8. The molecule has 15 heteroatoms. The number of amides is 1. The van der Waals surface area contributed by atoms with Gasteiger partial charge >= 0.3 is 0 Å². The van der Waals surface area contributed by atoms with E-state index < -0.39 is 31.4 Å². The lowest BCUT2D eigenvalue weighted by Gasteiger charge is -2.40. The summed E-state index contributed by atoms with van der Waals surface area (Å²) in [6.45, 7) is 6.84. The number of nitrogens with zero attached hydrogens (tertiary/aromatic N) is 4. The van der Waals surface area contributed by atoms with E-state index in [0.717, 1.165) is 72.8 Å². The van der Waals surface area contributed by atoms with Gasteiger partial charge in [-0.15, -0.1) is 0 Å². The number of aromatic amines is 1. The van der Waals surface area contributed by atoms with Crippen LogP contribution in [0.5, 0.6) is 11.5 Å². The summed E-state index contributed by atoms with van der Waals surface area (Å²) in [7, 11) is -2.53. The largest absolute Gasteiger partial charge is 0.456 e. The Morgan fingerprint density at radius 2 is 1.63 bits per heavy atom. The van der Waals surface area contributed by atoms with Crippen LogP contribution in [0.2, 0.25) is 5.02 Å². The molecule has 3 heterocycles. The number of ether oxygens (including phenoxy) is 1. The molecule has 0 spiro atoms. The molecule has 5 aromatic carbocycles. The van der Waals surface area contributed by atoms with Crippen molar-refractivity contribution in [3.8, 4) is 22.6 Å². The number of carbonyl (C=O) groups excluding carboxylic acids is 1. The molecule has 2 aliphatic rings. The maximum absolute atomic E-state index is 14.0. The molecular weight excluding hydrogens is 802 g/mol. The first-order valence-electron chi connectivity index (χ1n) is 20.0. The first kappa shape index (κ1) is 40.8. The maximum Gasteiger partial charge on any atom is 0.293 e. The highest BCUT2D eigenvalue weighted by atomic mass is 35.5. The maximum atomic E-state index is 14.0. The van der Waals surface area contributed by atoms with Gasteiger partial charge in [0.25, 0.3) is 21.6 Å². The summed E-state index contributed by atoms with van der Waals surface area (Å²) in [6, 6.07) is 32.6. The van der Waals surface area contributed by atoms with E-state index in [-0.39, 0.29) is 29.1 Å². The van der Waals surface area contributed by atoms with E-state index in [2.05, 4.69) is 54.8 Å². The third-order valence-electron chi connectivity index (χ3n) is 11.6. The summed E-state index contributed by atoms with van der Waals surface area (Å²) in [5, 5.41) is 16.8. The van der Waals surface area contributed by atoms with Crippen molar-refractivity contribution in [3.63, 3.8) is 0 Å². The van der Waals surface area contributed by atoms with Crippen LogP contribution in [-0.4, -0.2) is 86.4 Å². The lowest BCUT2D eigenvalue weighted by atomic mass is 9.94. The normalized spacial score (nSPS) is 16.1. The van der Waals surface area contributed by atoms with Gasteiger partial charge < -0.3 is 24.8 Å². The van der Waals surface area contributed by atoms with Crippen molar-refractivity contribution in [2.75, 3.05) is 56.5 Å². The number of hydrogen-bond donors (Lipinski definition) is 3. The summed E-state index contributed by atoms with van der Waals surface area (Å²) in [5.74, 6) is -0.304. The average molecular weight is 848 g/mol. The number of nitro benzene ring substituents is 1. The molecular formula is C45H46ClN7O6S. The number of piperazine rings is 1. The third-order valence-corrected chi connectivity index (χ3v) is 13.1. The molecule has 1 amide bonds. The minimum Gasteiger partial charge on any atom is -0.456 e. The lowest BCUT2D eigenvalue weighted by molar-refractivity contribution is -0.384. The molecule has 2 fully saturated rings. The van der Waals surface area contributed by atoms with E-state index in [1.807, 2.05) is 55.6 Å². The number of anilines is 2. The minimum absolute atomic E-state index is 0.0104.